The van der Waals surface area contributed by atoms with Gasteiger partial charge in [0.1, 0.15) is 11.6 Å². The first-order valence-corrected chi connectivity index (χ1v) is 8.24. The lowest BCUT2D eigenvalue weighted by Gasteiger charge is -2.39. The van der Waals surface area contributed by atoms with E-state index in [1.54, 1.807) is 11.9 Å². The van der Waals surface area contributed by atoms with Gasteiger partial charge >= 0.3 is 6.03 Å². The smallest absolute Gasteiger partial charge is 0.328 e. The van der Waals surface area contributed by atoms with Crippen molar-refractivity contribution < 1.29 is 14.4 Å². The lowest BCUT2D eigenvalue weighted by molar-refractivity contribution is -0.136. The molecule has 24 heavy (non-hydrogen) atoms. The SMILES string of the molecule is CC(=O)CN1C(c2ccc(Br)cc2)=NC2C1C(=O)N(C)C(=O)N2C. The van der Waals surface area contributed by atoms with Crippen molar-refractivity contribution in [3.63, 3.8) is 0 Å². The first kappa shape index (κ1) is 16.6. The minimum absolute atomic E-state index is 0.0671. The number of amidine groups is 1. The van der Waals surface area contributed by atoms with Crippen LogP contribution in [0.5, 0.6) is 0 Å². The predicted molar refractivity (Wildman–Crippen MR) is 91.6 cm³/mol. The molecule has 2 aliphatic heterocycles. The van der Waals surface area contributed by atoms with Crippen molar-refractivity contribution in [3.05, 3.63) is 34.3 Å². The number of rotatable bonds is 3. The molecule has 0 aliphatic carbocycles. The summed E-state index contributed by atoms with van der Waals surface area (Å²) in [4.78, 5) is 45.3. The molecule has 1 aromatic carbocycles. The number of hydrogen-bond donors (Lipinski definition) is 0. The van der Waals surface area contributed by atoms with Crippen molar-refractivity contribution >= 4 is 39.5 Å². The molecule has 8 heteroatoms. The molecule has 2 heterocycles. The summed E-state index contributed by atoms with van der Waals surface area (Å²) < 4.78 is 0.920. The number of nitrogens with zero attached hydrogens (tertiary/aromatic N) is 4. The van der Waals surface area contributed by atoms with E-state index >= 15 is 0 Å². The molecule has 0 radical (unpaired) electrons. The van der Waals surface area contributed by atoms with Crippen LogP contribution in [0, 0.1) is 0 Å². The van der Waals surface area contributed by atoms with Gasteiger partial charge in [0.2, 0.25) is 0 Å². The van der Waals surface area contributed by atoms with Gasteiger partial charge in [-0.15, -0.1) is 0 Å². The number of hydrogen-bond acceptors (Lipinski definition) is 5. The third-order valence-corrected chi connectivity index (χ3v) is 4.74. The minimum Gasteiger partial charge on any atom is -0.333 e. The van der Waals surface area contributed by atoms with Gasteiger partial charge in [0.25, 0.3) is 5.91 Å². The Morgan fingerprint density at radius 3 is 2.42 bits per heavy atom. The van der Waals surface area contributed by atoms with Gasteiger partial charge in [0.15, 0.2) is 12.2 Å². The zero-order chi connectivity index (χ0) is 17.6. The van der Waals surface area contributed by atoms with E-state index in [9.17, 15) is 14.4 Å². The van der Waals surface area contributed by atoms with E-state index in [2.05, 4.69) is 20.9 Å². The summed E-state index contributed by atoms with van der Waals surface area (Å²) in [7, 11) is 3.06. The maximum atomic E-state index is 12.6. The van der Waals surface area contributed by atoms with Gasteiger partial charge < -0.3 is 9.80 Å². The normalized spacial score (nSPS) is 23.5. The Hall–Kier alpha value is -2.22. The second-order valence-corrected chi connectivity index (χ2v) is 6.85. The molecule has 1 fully saturated rings. The number of imide groups is 1. The summed E-state index contributed by atoms with van der Waals surface area (Å²) >= 11 is 3.38. The zero-order valence-electron chi connectivity index (χ0n) is 13.6. The zero-order valence-corrected chi connectivity index (χ0v) is 15.1. The molecule has 0 bridgehead atoms. The highest BCUT2D eigenvalue weighted by atomic mass is 79.9. The maximum absolute atomic E-state index is 12.6. The average Bonchev–Trinajstić information content (AvgIpc) is 2.90. The van der Waals surface area contributed by atoms with E-state index < -0.39 is 18.2 Å². The molecule has 1 saturated heterocycles. The number of carbonyl (C=O) groups is 3. The molecule has 7 nitrogen and oxygen atoms in total. The van der Waals surface area contributed by atoms with Crippen LogP contribution in [0.4, 0.5) is 4.79 Å². The number of halogens is 1. The predicted octanol–water partition coefficient (Wildman–Crippen LogP) is 1.32. The highest BCUT2D eigenvalue weighted by Gasteiger charge is 2.51. The van der Waals surface area contributed by atoms with Gasteiger partial charge in [-0.25, -0.2) is 9.79 Å². The quantitative estimate of drug-likeness (QED) is 0.777. The Balaban J connectivity index is 2.06. The minimum atomic E-state index is -0.680. The number of fused-ring (bicyclic) bond motifs is 1. The lowest BCUT2D eigenvalue weighted by atomic mass is 10.1. The average molecular weight is 393 g/mol. The fraction of sp³-hybridized carbons (Fsp3) is 0.375. The largest absolute Gasteiger partial charge is 0.333 e. The van der Waals surface area contributed by atoms with Crippen LogP contribution in [-0.2, 0) is 9.59 Å². The summed E-state index contributed by atoms with van der Waals surface area (Å²) in [5.74, 6) is 0.131. The fourth-order valence-corrected chi connectivity index (χ4v) is 3.28. The van der Waals surface area contributed by atoms with E-state index in [1.807, 2.05) is 24.3 Å². The molecule has 0 spiro atoms. The van der Waals surface area contributed by atoms with Gasteiger partial charge in [0, 0.05) is 24.1 Å². The topological polar surface area (TPSA) is 73.3 Å². The van der Waals surface area contributed by atoms with E-state index in [4.69, 9.17) is 0 Å². The number of benzene rings is 1. The summed E-state index contributed by atoms with van der Waals surface area (Å²) in [6.45, 7) is 1.54. The van der Waals surface area contributed by atoms with E-state index in [0.29, 0.717) is 5.84 Å². The molecule has 0 N–H and O–H groups in total. The molecule has 3 rings (SSSR count). The second-order valence-electron chi connectivity index (χ2n) is 5.94. The number of urea groups is 1. The van der Waals surface area contributed by atoms with Gasteiger partial charge in [-0.3, -0.25) is 14.5 Å². The van der Waals surface area contributed by atoms with Crippen LogP contribution in [-0.4, -0.2) is 71.1 Å². The van der Waals surface area contributed by atoms with Crippen LogP contribution in [0.15, 0.2) is 33.7 Å². The highest BCUT2D eigenvalue weighted by molar-refractivity contribution is 9.10. The van der Waals surface area contributed by atoms with Crippen LogP contribution in [0.2, 0.25) is 0 Å². The van der Waals surface area contributed by atoms with Crippen LogP contribution in [0.25, 0.3) is 0 Å². The Kier molecular flexibility index (Phi) is 4.16. The molecule has 0 aromatic heterocycles. The standard InChI is InChI=1S/C16H17BrN4O3/c1-9(22)8-21-12-14(19(2)16(24)20(3)15(12)23)18-13(21)10-4-6-11(17)7-5-10/h4-7,12,14H,8H2,1-3H3. The molecule has 3 amide bonds. The van der Waals surface area contributed by atoms with Crippen LogP contribution in [0.3, 0.4) is 0 Å². The van der Waals surface area contributed by atoms with Crippen molar-refractivity contribution in [3.8, 4) is 0 Å². The van der Waals surface area contributed by atoms with E-state index in [-0.39, 0.29) is 18.2 Å². The number of likely N-dealkylation sites (N-methyl/N-ethyl adjacent to an activating group) is 2. The Bertz CT molecular complexity index is 746. The summed E-state index contributed by atoms with van der Waals surface area (Å²) in [5, 5.41) is 0. The summed E-state index contributed by atoms with van der Waals surface area (Å²) in [5.41, 5.74) is 0.796. The van der Waals surface area contributed by atoms with Crippen LogP contribution >= 0.6 is 15.9 Å². The number of ketones is 1. The summed E-state index contributed by atoms with van der Waals surface area (Å²) in [6, 6.07) is 6.39. The van der Waals surface area contributed by atoms with Crippen LogP contribution in [0.1, 0.15) is 12.5 Å². The first-order valence-electron chi connectivity index (χ1n) is 7.45. The molecular formula is C16H17BrN4O3. The molecule has 1 aromatic rings. The van der Waals surface area contributed by atoms with Gasteiger partial charge in [-0.05, 0) is 19.1 Å². The number of aliphatic imine (C=N–C) groups is 1. The monoisotopic (exact) mass is 392 g/mol. The van der Waals surface area contributed by atoms with Crippen molar-refractivity contribution in [1.29, 1.82) is 0 Å². The first-order chi connectivity index (χ1) is 11.3. The Morgan fingerprint density at radius 2 is 1.83 bits per heavy atom. The summed E-state index contributed by atoms with van der Waals surface area (Å²) in [6.07, 6.45) is -0.626. The maximum Gasteiger partial charge on any atom is 0.328 e. The van der Waals surface area contributed by atoms with Crippen molar-refractivity contribution in [2.24, 2.45) is 4.99 Å². The second kappa shape index (κ2) is 6.01. The Morgan fingerprint density at radius 1 is 1.21 bits per heavy atom. The fourth-order valence-electron chi connectivity index (χ4n) is 3.02. The molecule has 2 unspecified atom stereocenters. The lowest BCUT2D eigenvalue weighted by Crippen LogP contribution is -2.64. The number of Topliss-reactive ketones (excluding diaryl/α,β-unsaturated/α-hetero) is 1. The number of amides is 3. The third kappa shape index (κ3) is 2.60. The molecule has 126 valence electrons. The molecular weight excluding hydrogens is 376 g/mol. The Labute approximate surface area is 148 Å². The third-order valence-electron chi connectivity index (χ3n) is 4.21. The van der Waals surface area contributed by atoms with E-state index in [0.717, 1.165) is 14.9 Å². The molecule has 0 saturated carbocycles. The van der Waals surface area contributed by atoms with Crippen molar-refractivity contribution in [2.45, 2.75) is 19.1 Å². The van der Waals surface area contributed by atoms with Crippen molar-refractivity contribution in [2.75, 3.05) is 20.6 Å². The van der Waals surface area contributed by atoms with Gasteiger partial charge in [-0.1, -0.05) is 28.1 Å². The molecule has 2 aliphatic rings. The number of carbonyl (C=O) groups excluding carboxylic acids is 3. The highest BCUT2D eigenvalue weighted by Crippen LogP contribution is 2.29. The van der Waals surface area contributed by atoms with Crippen LogP contribution < -0.4 is 0 Å². The molecule has 2 atom stereocenters. The van der Waals surface area contributed by atoms with E-state index in [1.165, 1.54) is 18.9 Å². The van der Waals surface area contributed by atoms with Gasteiger partial charge in [0.05, 0.1) is 6.54 Å². The van der Waals surface area contributed by atoms with Gasteiger partial charge in [-0.2, -0.15) is 0 Å². The van der Waals surface area contributed by atoms with Crippen molar-refractivity contribution in [1.82, 2.24) is 14.7 Å².